The van der Waals surface area contributed by atoms with E-state index < -0.39 is 10.9 Å². The third kappa shape index (κ3) is 3.29. The molecule has 0 unspecified atom stereocenters. The molecule has 0 amide bonds. The first-order valence-corrected chi connectivity index (χ1v) is 5.66. The van der Waals surface area contributed by atoms with Crippen molar-refractivity contribution >= 4 is 23.3 Å². The van der Waals surface area contributed by atoms with Gasteiger partial charge >= 0.3 is 5.97 Å². The molecular weight excluding hydrogens is 270 g/mol. The lowest BCUT2D eigenvalue weighted by Gasteiger charge is -2.04. The molecule has 2 aromatic carbocycles. The van der Waals surface area contributed by atoms with Gasteiger partial charge in [0.15, 0.2) is 0 Å². The van der Waals surface area contributed by atoms with Gasteiger partial charge in [0.25, 0.3) is 5.69 Å². The van der Waals surface area contributed by atoms with Gasteiger partial charge in [-0.2, -0.15) is 0 Å². The molecule has 0 saturated heterocycles. The second-order valence-electron chi connectivity index (χ2n) is 3.65. The van der Waals surface area contributed by atoms with E-state index in [9.17, 15) is 14.9 Å². The van der Waals surface area contributed by atoms with Gasteiger partial charge < -0.3 is 4.74 Å². The molecule has 0 fully saturated rings. The number of rotatable bonds is 3. The van der Waals surface area contributed by atoms with Crippen LogP contribution in [-0.4, -0.2) is 10.9 Å². The van der Waals surface area contributed by atoms with Gasteiger partial charge in [-0.3, -0.25) is 10.1 Å². The van der Waals surface area contributed by atoms with Crippen molar-refractivity contribution in [1.29, 1.82) is 0 Å². The van der Waals surface area contributed by atoms with Crippen molar-refractivity contribution in [2.75, 3.05) is 0 Å². The van der Waals surface area contributed by atoms with Crippen molar-refractivity contribution in [1.82, 2.24) is 0 Å². The first-order valence-electron chi connectivity index (χ1n) is 5.28. The molecular formula is C13H8ClNO4. The number of nitrogens with zero attached hydrogens (tertiary/aromatic N) is 1. The van der Waals surface area contributed by atoms with Crippen molar-refractivity contribution < 1.29 is 14.5 Å². The maximum Gasteiger partial charge on any atom is 0.343 e. The zero-order valence-corrected chi connectivity index (χ0v) is 10.3. The molecule has 0 radical (unpaired) electrons. The minimum absolute atomic E-state index is 0.106. The monoisotopic (exact) mass is 277 g/mol. The number of halogens is 1. The van der Waals surface area contributed by atoms with Crippen LogP contribution in [0.4, 0.5) is 5.69 Å². The third-order valence-electron chi connectivity index (χ3n) is 2.30. The summed E-state index contributed by atoms with van der Waals surface area (Å²) in [6.45, 7) is 0. The summed E-state index contributed by atoms with van der Waals surface area (Å²) >= 11 is 5.76. The molecule has 96 valence electrons. The van der Waals surface area contributed by atoms with E-state index in [0.717, 1.165) is 6.07 Å². The van der Waals surface area contributed by atoms with Gasteiger partial charge in [-0.15, -0.1) is 0 Å². The van der Waals surface area contributed by atoms with E-state index in [-0.39, 0.29) is 17.0 Å². The molecule has 0 aromatic heterocycles. The van der Waals surface area contributed by atoms with Crippen molar-refractivity contribution in [2.45, 2.75) is 0 Å². The summed E-state index contributed by atoms with van der Waals surface area (Å²) in [5.41, 5.74) is -0.0604. The zero-order chi connectivity index (χ0) is 13.8. The Labute approximate surface area is 113 Å². The van der Waals surface area contributed by atoms with Crippen LogP contribution in [0.25, 0.3) is 0 Å². The largest absolute Gasteiger partial charge is 0.423 e. The van der Waals surface area contributed by atoms with Crippen molar-refractivity contribution in [3.05, 3.63) is 69.2 Å². The summed E-state index contributed by atoms with van der Waals surface area (Å²) in [7, 11) is 0. The Morgan fingerprint density at radius 2 is 1.89 bits per heavy atom. The van der Waals surface area contributed by atoms with Crippen LogP contribution in [0.1, 0.15) is 10.4 Å². The number of hydrogen-bond donors (Lipinski definition) is 0. The Kier molecular flexibility index (Phi) is 3.77. The Bertz CT molecular complexity index is 642. The van der Waals surface area contributed by atoms with Crippen LogP contribution in [-0.2, 0) is 0 Å². The van der Waals surface area contributed by atoms with E-state index in [1.165, 1.54) is 24.3 Å². The highest BCUT2D eigenvalue weighted by atomic mass is 35.5. The molecule has 0 aliphatic heterocycles. The number of carbonyl (C=O) groups is 1. The fourth-order valence-electron chi connectivity index (χ4n) is 1.44. The van der Waals surface area contributed by atoms with E-state index in [4.69, 9.17) is 16.3 Å². The number of carbonyl (C=O) groups excluding carboxylic acids is 1. The fraction of sp³-hybridized carbons (Fsp3) is 0. The molecule has 0 saturated carbocycles. The molecule has 0 spiro atoms. The van der Waals surface area contributed by atoms with E-state index in [1.54, 1.807) is 18.2 Å². The number of benzene rings is 2. The lowest BCUT2D eigenvalue weighted by molar-refractivity contribution is -0.384. The van der Waals surface area contributed by atoms with Gasteiger partial charge in [-0.05, 0) is 24.3 Å². The fourth-order valence-corrected chi connectivity index (χ4v) is 1.62. The molecule has 0 aliphatic carbocycles. The number of ether oxygens (including phenoxy) is 1. The average molecular weight is 278 g/mol. The van der Waals surface area contributed by atoms with Crippen LogP contribution in [0.3, 0.4) is 0 Å². The summed E-state index contributed by atoms with van der Waals surface area (Å²) < 4.78 is 5.07. The molecule has 2 aromatic rings. The molecule has 19 heavy (non-hydrogen) atoms. The second kappa shape index (κ2) is 5.49. The van der Waals surface area contributed by atoms with Crippen LogP contribution >= 0.6 is 11.6 Å². The molecule has 0 bridgehead atoms. The molecule has 0 N–H and O–H groups in total. The highest BCUT2D eigenvalue weighted by Crippen LogP contribution is 2.19. The Morgan fingerprint density at radius 3 is 2.58 bits per heavy atom. The molecule has 0 aliphatic rings. The molecule has 6 heteroatoms. The zero-order valence-electron chi connectivity index (χ0n) is 9.58. The SMILES string of the molecule is O=C(Oc1cccc(Cl)c1)c1cccc([N+](=O)[O-])c1. The number of non-ortho nitro benzene ring substituents is 1. The predicted molar refractivity (Wildman–Crippen MR) is 69.5 cm³/mol. The van der Waals surface area contributed by atoms with E-state index in [2.05, 4.69) is 0 Å². The Morgan fingerprint density at radius 1 is 1.16 bits per heavy atom. The van der Waals surface area contributed by atoms with Gasteiger partial charge in [-0.1, -0.05) is 23.7 Å². The smallest absolute Gasteiger partial charge is 0.343 e. The Hall–Kier alpha value is -2.40. The van der Waals surface area contributed by atoms with E-state index >= 15 is 0 Å². The lowest BCUT2D eigenvalue weighted by atomic mass is 10.2. The molecule has 5 nitrogen and oxygen atoms in total. The lowest BCUT2D eigenvalue weighted by Crippen LogP contribution is -2.08. The Balaban J connectivity index is 2.20. The predicted octanol–water partition coefficient (Wildman–Crippen LogP) is 3.47. The van der Waals surface area contributed by atoms with E-state index in [1.807, 2.05) is 0 Å². The van der Waals surface area contributed by atoms with Crippen molar-refractivity contribution in [3.8, 4) is 5.75 Å². The second-order valence-corrected chi connectivity index (χ2v) is 4.09. The number of nitro groups is 1. The van der Waals surface area contributed by atoms with Crippen LogP contribution in [0.5, 0.6) is 5.75 Å². The number of esters is 1. The highest BCUT2D eigenvalue weighted by molar-refractivity contribution is 6.30. The van der Waals surface area contributed by atoms with Gasteiger partial charge in [0.1, 0.15) is 5.75 Å². The normalized spacial score (nSPS) is 9.95. The van der Waals surface area contributed by atoms with Crippen LogP contribution in [0.2, 0.25) is 5.02 Å². The van der Waals surface area contributed by atoms with Crippen LogP contribution in [0.15, 0.2) is 48.5 Å². The maximum atomic E-state index is 11.8. The van der Waals surface area contributed by atoms with Crippen molar-refractivity contribution in [3.63, 3.8) is 0 Å². The summed E-state index contributed by atoms with van der Waals surface area (Å²) in [5.74, 6) is -0.394. The summed E-state index contributed by atoms with van der Waals surface area (Å²) in [4.78, 5) is 21.9. The van der Waals surface area contributed by atoms with Crippen LogP contribution in [0, 0.1) is 10.1 Å². The first kappa shape index (κ1) is 13.0. The number of nitro benzene ring substituents is 1. The molecule has 0 atom stereocenters. The highest BCUT2D eigenvalue weighted by Gasteiger charge is 2.13. The van der Waals surface area contributed by atoms with Gasteiger partial charge in [0, 0.05) is 17.2 Å². The summed E-state index contributed by atoms with van der Waals surface area (Å²) in [5, 5.41) is 11.0. The molecule has 0 heterocycles. The summed E-state index contributed by atoms with van der Waals surface area (Å²) in [6.07, 6.45) is 0. The van der Waals surface area contributed by atoms with Gasteiger partial charge in [0.05, 0.1) is 10.5 Å². The quantitative estimate of drug-likeness (QED) is 0.373. The minimum Gasteiger partial charge on any atom is -0.423 e. The third-order valence-corrected chi connectivity index (χ3v) is 2.53. The maximum absolute atomic E-state index is 11.8. The topological polar surface area (TPSA) is 69.4 Å². The first-order chi connectivity index (χ1) is 9.06. The van der Waals surface area contributed by atoms with Crippen LogP contribution < -0.4 is 4.74 Å². The molecule has 2 rings (SSSR count). The number of hydrogen-bond acceptors (Lipinski definition) is 4. The summed E-state index contributed by atoms with van der Waals surface area (Å²) in [6, 6.07) is 11.7. The standard InChI is InChI=1S/C13H8ClNO4/c14-10-4-2-6-12(8-10)19-13(16)9-3-1-5-11(7-9)15(17)18/h1-8H. The van der Waals surface area contributed by atoms with Gasteiger partial charge in [-0.25, -0.2) is 4.79 Å². The minimum atomic E-state index is -0.675. The van der Waals surface area contributed by atoms with Crippen molar-refractivity contribution in [2.24, 2.45) is 0 Å². The van der Waals surface area contributed by atoms with Gasteiger partial charge in [0.2, 0.25) is 0 Å². The van der Waals surface area contributed by atoms with E-state index in [0.29, 0.717) is 5.02 Å². The average Bonchev–Trinajstić information content (AvgIpc) is 2.39.